The van der Waals surface area contributed by atoms with Gasteiger partial charge in [-0.3, -0.25) is 0 Å². The molecule has 17 heavy (non-hydrogen) atoms. The molecule has 0 N–H and O–H groups in total. The number of carbonyl (C=O) groups excluding carboxylic acids is 2. The van der Waals surface area contributed by atoms with Gasteiger partial charge >= 0.3 is 109 Å². The van der Waals surface area contributed by atoms with Crippen LogP contribution in [-0.4, -0.2) is 11.9 Å². The summed E-state index contributed by atoms with van der Waals surface area (Å²) >= 11 is -2.68. The van der Waals surface area contributed by atoms with Crippen LogP contribution in [0.15, 0.2) is 18.2 Å². The Hall–Kier alpha value is -1.11. The fraction of sp³-hybridized carbons (Fsp3) is 0.333. The van der Waals surface area contributed by atoms with Crippen molar-refractivity contribution in [3.63, 3.8) is 0 Å². The maximum absolute atomic E-state index is 11.1. The van der Waals surface area contributed by atoms with Gasteiger partial charge in [-0.1, -0.05) is 0 Å². The fourth-order valence-corrected chi connectivity index (χ4v) is 4.73. The summed E-state index contributed by atoms with van der Waals surface area (Å²) in [6, 6.07) is 5.75. The predicted molar refractivity (Wildman–Crippen MR) is 72.2 cm³/mol. The van der Waals surface area contributed by atoms with E-state index in [0.29, 0.717) is 0 Å². The fourth-order valence-electron chi connectivity index (χ4n) is 1.33. The van der Waals surface area contributed by atoms with E-state index in [1.165, 1.54) is 13.8 Å². The standard InChI is InChI=1S/C12H15IO4/c1-8-6-5-7-9(2)12(8)13(16-10(3)14)17-11(4)15/h5-7H,1-4H3. The van der Waals surface area contributed by atoms with Gasteiger partial charge in [0.1, 0.15) is 0 Å². The van der Waals surface area contributed by atoms with Gasteiger partial charge in [0, 0.05) is 0 Å². The minimum absolute atomic E-state index is 0.417. The number of hydrogen-bond donors (Lipinski definition) is 0. The first kappa shape index (κ1) is 14.0. The number of aryl methyl sites for hydroxylation is 2. The molecule has 0 saturated carbocycles. The number of carbonyl (C=O) groups is 2. The Morgan fingerprint density at radius 2 is 1.41 bits per heavy atom. The molecule has 0 atom stereocenters. The molecule has 0 radical (unpaired) electrons. The van der Waals surface area contributed by atoms with E-state index in [-0.39, 0.29) is 0 Å². The Labute approximate surface area is 109 Å². The average molecular weight is 350 g/mol. The van der Waals surface area contributed by atoms with Crippen molar-refractivity contribution in [3.05, 3.63) is 32.9 Å². The first-order valence-electron chi connectivity index (χ1n) is 5.06. The third-order valence-corrected chi connectivity index (χ3v) is 6.52. The van der Waals surface area contributed by atoms with Crippen LogP contribution in [0.5, 0.6) is 0 Å². The number of benzene rings is 1. The zero-order valence-electron chi connectivity index (χ0n) is 10.2. The normalized spacial score (nSPS) is 10.7. The molecule has 94 valence electrons. The third kappa shape index (κ3) is 3.99. The molecule has 0 aromatic heterocycles. The van der Waals surface area contributed by atoms with E-state index >= 15 is 0 Å². The molecule has 0 fully saturated rings. The molecule has 0 amide bonds. The first-order chi connectivity index (χ1) is 7.91. The summed E-state index contributed by atoms with van der Waals surface area (Å²) in [5.41, 5.74) is 1.97. The van der Waals surface area contributed by atoms with Crippen molar-refractivity contribution in [2.24, 2.45) is 0 Å². The molecular weight excluding hydrogens is 335 g/mol. The molecular formula is C12H15IO4. The van der Waals surface area contributed by atoms with Crippen molar-refractivity contribution >= 4 is 32.6 Å². The quantitative estimate of drug-likeness (QED) is 0.787. The summed E-state index contributed by atoms with van der Waals surface area (Å²) in [4.78, 5) is 22.1. The molecule has 0 heterocycles. The van der Waals surface area contributed by atoms with Crippen LogP contribution in [0.3, 0.4) is 0 Å². The van der Waals surface area contributed by atoms with Gasteiger partial charge in [-0.15, -0.1) is 0 Å². The molecule has 0 spiro atoms. The van der Waals surface area contributed by atoms with Crippen LogP contribution in [0.2, 0.25) is 0 Å². The van der Waals surface area contributed by atoms with Crippen molar-refractivity contribution < 1.29 is 15.7 Å². The molecule has 1 aromatic rings. The van der Waals surface area contributed by atoms with Crippen molar-refractivity contribution in [2.75, 3.05) is 0 Å². The minimum atomic E-state index is -2.68. The Kier molecular flexibility index (Phi) is 4.92. The molecule has 0 aliphatic rings. The van der Waals surface area contributed by atoms with Gasteiger partial charge in [-0.05, 0) is 0 Å². The molecule has 0 unspecified atom stereocenters. The number of rotatable bonds is 3. The second-order valence-electron chi connectivity index (χ2n) is 3.56. The van der Waals surface area contributed by atoms with Crippen LogP contribution in [0.1, 0.15) is 25.0 Å². The summed E-state index contributed by atoms with van der Waals surface area (Å²) < 4.78 is 11.2. The van der Waals surface area contributed by atoms with Crippen LogP contribution in [0, 0.1) is 17.4 Å². The second kappa shape index (κ2) is 6.00. The van der Waals surface area contributed by atoms with Crippen molar-refractivity contribution in [1.29, 1.82) is 0 Å². The van der Waals surface area contributed by atoms with E-state index < -0.39 is 32.6 Å². The van der Waals surface area contributed by atoms with Gasteiger partial charge in [0.2, 0.25) is 0 Å². The summed E-state index contributed by atoms with van der Waals surface area (Å²) in [7, 11) is 0. The van der Waals surface area contributed by atoms with Crippen LogP contribution in [0.4, 0.5) is 0 Å². The Morgan fingerprint density at radius 1 is 1.00 bits per heavy atom. The SMILES string of the molecule is CC(=O)OI(OC(C)=O)c1c(C)cccc1C. The number of hydrogen-bond acceptors (Lipinski definition) is 4. The Bertz CT molecular complexity index is 406. The molecule has 0 aliphatic heterocycles. The summed E-state index contributed by atoms with van der Waals surface area (Å²) in [6.45, 7) is 6.47. The van der Waals surface area contributed by atoms with Crippen LogP contribution < -0.4 is 0 Å². The molecule has 4 nitrogen and oxygen atoms in total. The summed E-state index contributed by atoms with van der Waals surface area (Å²) in [5.74, 6) is -0.835. The predicted octanol–water partition coefficient (Wildman–Crippen LogP) is 2.94. The van der Waals surface area contributed by atoms with Crippen LogP contribution in [0.25, 0.3) is 0 Å². The van der Waals surface area contributed by atoms with E-state index in [9.17, 15) is 9.59 Å². The Balaban J connectivity index is 3.11. The van der Waals surface area contributed by atoms with Crippen LogP contribution in [-0.2, 0) is 15.7 Å². The van der Waals surface area contributed by atoms with Crippen molar-refractivity contribution in [1.82, 2.24) is 0 Å². The third-order valence-electron chi connectivity index (χ3n) is 1.90. The second-order valence-corrected chi connectivity index (χ2v) is 6.76. The summed E-state index contributed by atoms with van der Waals surface area (Å²) in [5, 5.41) is 0. The summed E-state index contributed by atoms with van der Waals surface area (Å²) in [6.07, 6.45) is 0. The van der Waals surface area contributed by atoms with Gasteiger partial charge in [-0.2, -0.15) is 0 Å². The maximum atomic E-state index is 11.1. The van der Waals surface area contributed by atoms with E-state index in [1.807, 2.05) is 32.0 Å². The van der Waals surface area contributed by atoms with Gasteiger partial charge in [-0.25, -0.2) is 0 Å². The van der Waals surface area contributed by atoms with E-state index in [0.717, 1.165) is 14.7 Å². The van der Waals surface area contributed by atoms with Crippen LogP contribution >= 0.6 is 20.6 Å². The zero-order chi connectivity index (χ0) is 13.0. The molecule has 5 heteroatoms. The molecule has 0 aliphatic carbocycles. The molecule has 0 saturated heterocycles. The monoisotopic (exact) mass is 350 g/mol. The van der Waals surface area contributed by atoms with Gasteiger partial charge < -0.3 is 0 Å². The van der Waals surface area contributed by atoms with E-state index in [1.54, 1.807) is 0 Å². The molecule has 1 aromatic carbocycles. The van der Waals surface area contributed by atoms with Gasteiger partial charge in [0.15, 0.2) is 0 Å². The Morgan fingerprint density at radius 3 is 1.76 bits per heavy atom. The molecule has 0 bridgehead atoms. The zero-order valence-corrected chi connectivity index (χ0v) is 12.4. The average Bonchev–Trinajstić information content (AvgIpc) is 2.14. The van der Waals surface area contributed by atoms with Gasteiger partial charge in [0.25, 0.3) is 0 Å². The van der Waals surface area contributed by atoms with Gasteiger partial charge in [0.05, 0.1) is 0 Å². The first-order valence-corrected chi connectivity index (χ1v) is 7.90. The number of halogens is 1. The van der Waals surface area contributed by atoms with Crippen molar-refractivity contribution in [2.45, 2.75) is 27.7 Å². The topological polar surface area (TPSA) is 52.6 Å². The van der Waals surface area contributed by atoms with Crippen molar-refractivity contribution in [3.8, 4) is 0 Å². The van der Waals surface area contributed by atoms with E-state index in [2.05, 4.69) is 0 Å². The molecule has 1 rings (SSSR count). The van der Waals surface area contributed by atoms with E-state index in [4.69, 9.17) is 6.13 Å².